The average Bonchev–Trinajstić information content (AvgIpc) is 3.25. The number of hydrogen-bond acceptors (Lipinski definition) is 6. The van der Waals surface area contributed by atoms with Crippen molar-refractivity contribution in [1.82, 2.24) is 9.88 Å². The molecule has 1 amide bonds. The Morgan fingerprint density at radius 2 is 1.90 bits per heavy atom. The number of hydrogen-bond donors (Lipinski definition) is 1. The third-order valence-electron chi connectivity index (χ3n) is 5.33. The summed E-state index contributed by atoms with van der Waals surface area (Å²) in [7, 11) is -3.54. The van der Waals surface area contributed by atoms with Gasteiger partial charge in [0.25, 0.3) is 0 Å². The van der Waals surface area contributed by atoms with E-state index in [1.54, 1.807) is 58.8 Å². The highest BCUT2D eigenvalue weighted by molar-refractivity contribution is 7.91. The van der Waals surface area contributed by atoms with Gasteiger partial charge in [0.05, 0.1) is 10.6 Å². The molecule has 30 heavy (non-hydrogen) atoms. The van der Waals surface area contributed by atoms with Gasteiger partial charge in [-0.15, -0.1) is 11.3 Å². The lowest BCUT2D eigenvalue weighted by Crippen LogP contribution is -2.42. The summed E-state index contributed by atoms with van der Waals surface area (Å²) in [6.45, 7) is 1.25. The van der Waals surface area contributed by atoms with Crippen LogP contribution in [-0.2, 0) is 14.6 Å². The highest BCUT2D eigenvalue weighted by Crippen LogP contribution is 2.24. The summed E-state index contributed by atoms with van der Waals surface area (Å²) in [5.74, 6) is -0.304. The number of nitrogens with zero attached hydrogens (tertiary/aromatic N) is 2. The molecule has 0 bridgehead atoms. The molecule has 2 aromatic carbocycles. The maximum Gasteiger partial charge on any atom is 0.223 e. The molecule has 0 spiro atoms. The van der Waals surface area contributed by atoms with Gasteiger partial charge in [0, 0.05) is 42.2 Å². The molecule has 0 atom stereocenters. The number of likely N-dealkylation sites (tertiary alicyclic amines) is 1. The molecule has 1 aliphatic rings. The van der Waals surface area contributed by atoms with Crippen LogP contribution >= 0.6 is 22.9 Å². The maximum absolute atomic E-state index is 12.7. The number of nitrogens with one attached hydrogen (secondary N) is 1. The zero-order valence-electron chi connectivity index (χ0n) is 16.3. The van der Waals surface area contributed by atoms with Crippen LogP contribution in [0.15, 0.2) is 52.9 Å². The van der Waals surface area contributed by atoms with Crippen molar-refractivity contribution in [2.75, 3.05) is 24.2 Å². The molecule has 0 aliphatic carbocycles. The fraction of sp³-hybridized carbons (Fsp3) is 0.333. The van der Waals surface area contributed by atoms with E-state index in [1.807, 2.05) is 5.38 Å². The Morgan fingerprint density at radius 3 is 2.63 bits per heavy atom. The molecular weight excluding hydrogens is 442 g/mol. The predicted octanol–water partition coefficient (Wildman–Crippen LogP) is 4.22. The van der Waals surface area contributed by atoms with Crippen molar-refractivity contribution in [2.45, 2.75) is 30.2 Å². The van der Waals surface area contributed by atoms with Crippen molar-refractivity contribution in [3.63, 3.8) is 0 Å². The predicted molar refractivity (Wildman–Crippen MR) is 121 cm³/mol. The second-order valence-electron chi connectivity index (χ2n) is 7.36. The first-order chi connectivity index (χ1) is 14.4. The standard InChI is InChI=1S/C21H22ClN3O3S2/c22-17-3-1-16-14-19(4-2-15(16)13-17)30(27,28)12-7-20(26)25-9-5-18(6-10-25)24-21-23-8-11-29-21/h1-4,8,11,13-14,18H,5-7,9-10,12H2,(H,23,24). The van der Waals surface area contributed by atoms with Crippen LogP contribution < -0.4 is 5.32 Å². The van der Waals surface area contributed by atoms with Gasteiger partial charge in [-0.25, -0.2) is 13.4 Å². The third kappa shape index (κ3) is 4.94. The van der Waals surface area contributed by atoms with E-state index in [4.69, 9.17) is 11.6 Å². The van der Waals surface area contributed by atoms with Gasteiger partial charge in [-0.1, -0.05) is 23.7 Å². The second-order valence-corrected chi connectivity index (χ2v) is 10.8. The Morgan fingerprint density at radius 1 is 1.17 bits per heavy atom. The highest BCUT2D eigenvalue weighted by atomic mass is 35.5. The fourth-order valence-electron chi connectivity index (χ4n) is 3.63. The number of anilines is 1. The van der Waals surface area contributed by atoms with E-state index in [1.165, 1.54) is 0 Å². The molecule has 1 aliphatic heterocycles. The molecule has 1 aromatic heterocycles. The number of benzene rings is 2. The number of halogens is 1. The monoisotopic (exact) mass is 463 g/mol. The minimum atomic E-state index is -3.54. The number of thiazole rings is 1. The van der Waals surface area contributed by atoms with Crippen molar-refractivity contribution in [3.05, 3.63) is 53.0 Å². The van der Waals surface area contributed by atoms with Gasteiger partial charge in [-0.2, -0.15) is 0 Å². The van der Waals surface area contributed by atoms with Gasteiger partial charge in [0.1, 0.15) is 0 Å². The minimum absolute atomic E-state index is 0.00837. The average molecular weight is 464 g/mol. The molecule has 0 saturated carbocycles. The lowest BCUT2D eigenvalue weighted by Gasteiger charge is -2.32. The van der Waals surface area contributed by atoms with Gasteiger partial charge in [-0.3, -0.25) is 4.79 Å². The lowest BCUT2D eigenvalue weighted by molar-refractivity contribution is -0.131. The molecule has 158 valence electrons. The van der Waals surface area contributed by atoms with E-state index in [-0.39, 0.29) is 29.0 Å². The number of amides is 1. The van der Waals surface area contributed by atoms with Crippen LogP contribution in [0.2, 0.25) is 5.02 Å². The summed E-state index contributed by atoms with van der Waals surface area (Å²) in [6, 6.07) is 10.6. The third-order valence-corrected chi connectivity index (χ3v) is 7.98. The summed E-state index contributed by atoms with van der Waals surface area (Å²) in [5.41, 5.74) is 0. The van der Waals surface area contributed by atoms with Gasteiger partial charge < -0.3 is 10.2 Å². The molecule has 0 radical (unpaired) electrons. The van der Waals surface area contributed by atoms with Crippen LogP contribution in [0, 0.1) is 0 Å². The number of carbonyl (C=O) groups is 1. The van der Waals surface area contributed by atoms with E-state index >= 15 is 0 Å². The second kappa shape index (κ2) is 8.91. The summed E-state index contributed by atoms with van der Waals surface area (Å²) in [4.78, 5) is 18.8. The topological polar surface area (TPSA) is 79.4 Å². The first kappa shape index (κ1) is 21.1. The molecular formula is C21H22ClN3O3S2. The van der Waals surface area contributed by atoms with Crippen molar-refractivity contribution in [3.8, 4) is 0 Å². The largest absolute Gasteiger partial charge is 0.359 e. The number of fused-ring (bicyclic) bond motifs is 1. The molecule has 1 saturated heterocycles. The Kier molecular flexibility index (Phi) is 6.26. The van der Waals surface area contributed by atoms with Crippen molar-refractivity contribution in [2.24, 2.45) is 0 Å². The molecule has 1 N–H and O–H groups in total. The van der Waals surface area contributed by atoms with Crippen molar-refractivity contribution >= 4 is 54.6 Å². The minimum Gasteiger partial charge on any atom is -0.359 e. The number of rotatable bonds is 6. The van der Waals surface area contributed by atoms with Gasteiger partial charge in [-0.05, 0) is 47.9 Å². The van der Waals surface area contributed by atoms with Gasteiger partial charge in [0.15, 0.2) is 15.0 Å². The van der Waals surface area contributed by atoms with Crippen LogP contribution in [-0.4, -0.2) is 49.1 Å². The number of sulfone groups is 1. The van der Waals surface area contributed by atoms with Crippen molar-refractivity contribution in [1.29, 1.82) is 0 Å². The first-order valence-electron chi connectivity index (χ1n) is 9.77. The molecule has 3 aromatic rings. The highest BCUT2D eigenvalue weighted by Gasteiger charge is 2.25. The Bertz CT molecular complexity index is 1140. The van der Waals surface area contributed by atoms with Crippen LogP contribution in [0.1, 0.15) is 19.3 Å². The number of piperidine rings is 1. The fourth-order valence-corrected chi connectivity index (χ4v) is 5.68. The Labute approximate surface area is 184 Å². The van der Waals surface area contributed by atoms with E-state index in [0.29, 0.717) is 18.1 Å². The van der Waals surface area contributed by atoms with Gasteiger partial charge in [0.2, 0.25) is 5.91 Å². The van der Waals surface area contributed by atoms with Crippen LogP contribution in [0.5, 0.6) is 0 Å². The molecule has 4 rings (SSSR count). The summed E-state index contributed by atoms with van der Waals surface area (Å²) >= 11 is 7.54. The molecule has 0 unspecified atom stereocenters. The summed E-state index contributed by atoms with van der Waals surface area (Å²) in [5, 5.41) is 8.49. The Balaban J connectivity index is 1.32. The molecule has 9 heteroatoms. The normalized spacial score (nSPS) is 15.4. The SMILES string of the molecule is O=C(CCS(=O)(=O)c1ccc2cc(Cl)ccc2c1)N1CCC(Nc2nccs2)CC1. The Hall–Kier alpha value is -2.16. The van der Waals surface area contributed by atoms with E-state index in [2.05, 4.69) is 10.3 Å². The summed E-state index contributed by atoms with van der Waals surface area (Å²) < 4.78 is 25.5. The molecule has 6 nitrogen and oxygen atoms in total. The van der Waals surface area contributed by atoms with Crippen LogP contribution in [0.25, 0.3) is 10.8 Å². The molecule has 2 heterocycles. The van der Waals surface area contributed by atoms with Gasteiger partial charge >= 0.3 is 0 Å². The van der Waals surface area contributed by atoms with Crippen LogP contribution in [0.4, 0.5) is 5.13 Å². The number of aromatic nitrogens is 1. The van der Waals surface area contributed by atoms with E-state index in [0.717, 1.165) is 28.7 Å². The zero-order valence-corrected chi connectivity index (χ0v) is 18.6. The van der Waals surface area contributed by atoms with Crippen molar-refractivity contribution < 1.29 is 13.2 Å². The maximum atomic E-state index is 12.7. The summed E-state index contributed by atoms with van der Waals surface area (Å²) in [6.07, 6.45) is 3.40. The lowest BCUT2D eigenvalue weighted by atomic mass is 10.1. The zero-order chi connectivity index (χ0) is 21.1. The van der Waals surface area contributed by atoms with E-state index < -0.39 is 9.84 Å². The first-order valence-corrected chi connectivity index (χ1v) is 12.7. The quantitative estimate of drug-likeness (QED) is 0.592. The van der Waals surface area contributed by atoms with E-state index in [9.17, 15) is 13.2 Å². The van der Waals surface area contributed by atoms with Crippen LogP contribution in [0.3, 0.4) is 0 Å². The number of carbonyl (C=O) groups excluding carboxylic acids is 1. The molecule has 1 fully saturated rings. The smallest absolute Gasteiger partial charge is 0.223 e.